The third-order valence-electron chi connectivity index (χ3n) is 3.51. The zero-order chi connectivity index (χ0) is 12.4. The van der Waals surface area contributed by atoms with E-state index in [4.69, 9.17) is 17.3 Å². The molecule has 1 aliphatic rings. The Morgan fingerprint density at radius 2 is 1.88 bits per heavy atom. The monoisotopic (exact) mass is 253 g/mol. The number of nitrogens with two attached hydrogens (primary N) is 1. The molecule has 2 rings (SSSR count). The van der Waals surface area contributed by atoms with E-state index in [1.54, 1.807) is 0 Å². The second-order valence-corrected chi connectivity index (χ2v) is 5.29. The molecule has 1 aromatic carbocycles. The second kappa shape index (κ2) is 5.25. The number of piperazine rings is 1. The summed E-state index contributed by atoms with van der Waals surface area (Å²) in [6, 6.07) is 3.86. The molecule has 17 heavy (non-hydrogen) atoms. The lowest BCUT2D eigenvalue weighted by molar-refractivity contribution is 0.148. The average molecular weight is 254 g/mol. The minimum atomic E-state index is 0.734. The highest BCUT2D eigenvalue weighted by Crippen LogP contribution is 2.23. The molecule has 4 heteroatoms. The van der Waals surface area contributed by atoms with Crippen molar-refractivity contribution in [2.45, 2.75) is 13.5 Å². The van der Waals surface area contributed by atoms with E-state index in [2.05, 4.69) is 23.8 Å². The van der Waals surface area contributed by atoms with Crippen molar-refractivity contribution in [3.63, 3.8) is 0 Å². The topological polar surface area (TPSA) is 32.5 Å². The van der Waals surface area contributed by atoms with Crippen LogP contribution in [0.15, 0.2) is 12.1 Å². The molecule has 0 spiro atoms. The summed E-state index contributed by atoms with van der Waals surface area (Å²) in [6.45, 7) is 7.51. The summed E-state index contributed by atoms with van der Waals surface area (Å²) in [5, 5.41) is 0.734. The van der Waals surface area contributed by atoms with Gasteiger partial charge in [0.05, 0.1) is 0 Å². The number of halogens is 1. The number of nitrogens with zero attached hydrogens (tertiary/aromatic N) is 2. The van der Waals surface area contributed by atoms with E-state index < -0.39 is 0 Å². The van der Waals surface area contributed by atoms with Gasteiger partial charge in [-0.1, -0.05) is 11.6 Å². The van der Waals surface area contributed by atoms with Gasteiger partial charge in [-0.3, -0.25) is 4.90 Å². The molecule has 1 aliphatic heterocycles. The molecule has 0 radical (unpaired) electrons. The van der Waals surface area contributed by atoms with Crippen LogP contribution in [0, 0.1) is 6.92 Å². The Labute approximate surface area is 108 Å². The van der Waals surface area contributed by atoms with Crippen LogP contribution < -0.4 is 5.73 Å². The summed E-state index contributed by atoms with van der Waals surface area (Å²) >= 11 is 6.06. The van der Waals surface area contributed by atoms with Crippen LogP contribution in [0.5, 0.6) is 0 Å². The first-order valence-corrected chi connectivity index (χ1v) is 6.39. The van der Waals surface area contributed by atoms with Crippen LogP contribution >= 0.6 is 11.6 Å². The minimum Gasteiger partial charge on any atom is -0.398 e. The number of rotatable bonds is 2. The molecule has 0 saturated carbocycles. The van der Waals surface area contributed by atoms with Gasteiger partial charge in [0.2, 0.25) is 0 Å². The third-order valence-corrected chi connectivity index (χ3v) is 3.73. The molecule has 0 amide bonds. The SMILES string of the molecule is Cc1c(N)cc(Cl)cc1CN1CCN(C)CC1. The molecule has 2 N–H and O–H groups in total. The number of nitrogen functional groups attached to an aromatic ring is 1. The number of benzene rings is 1. The van der Waals surface area contributed by atoms with Crippen molar-refractivity contribution in [2.24, 2.45) is 0 Å². The molecular weight excluding hydrogens is 234 g/mol. The predicted molar refractivity (Wildman–Crippen MR) is 73.4 cm³/mol. The summed E-state index contributed by atoms with van der Waals surface area (Å²) in [6.07, 6.45) is 0. The molecule has 0 atom stereocenters. The smallest absolute Gasteiger partial charge is 0.0429 e. The van der Waals surface area contributed by atoms with Gasteiger partial charge >= 0.3 is 0 Å². The molecule has 1 saturated heterocycles. The van der Waals surface area contributed by atoms with Crippen LogP contribution in [0.3, 0.4) is 0 Å². The van der Waals surface area contributed by atoms with Crippen LogP contribution in [-0.4, -0.2) is 43.0 Å². The van der Waals surface area contributed by atoms with E-state index in [9.17, 15) is 0 Å². The van der Waals surface area contributed by atoms with Crippen molar-refractivity contribution in [1.82, 2.24) is 9.80 Å². The van der Waals surface area contributed by atoms with Gasteiger partial charge in [-0.2, -0.15) is 0 Å². The van der Waals surface area contributed by atoms with Gasteiger partial charge in [0, 0.05) is 43.4 Å². The number of hydrogen-bond donors (Lipinski definition) is 1. The maximum Gasteiger partial charge on any atom is 0.0429 e. The van der Waals surface area contributed by atoms with Crippen LogP contribution in [0.4, 0.5) is 5.69 Å². The van der Waals surface area contributed by atoms with Gasteiger partial charge in [-0.25, -0.2) is 0 Å². The zero-order valence-electron chi connectivity index (χ0n) is 10.5. The normalized spacial score (nSPS) is 18.5. The molecular formula is C13H20ClN3. The summed E-state index contributed by atoms with van der Waals surface area (Å²) in [7, 11) is 2.17. The molecule has 1 fully saturated rings. The van der Waals surface area contributed by atoms with Crippen LogP contribution in [0.2, 0.25) is 5.02 Å². The quantitative estimate of drug-likeness (QED) is 0.818. The maximum absolute atomic E-state index is 6.06. The van der Waals surface area contributed by atoms with Gasteiger partial charge in [0.15, 0.2) is 0 Å². The lowest BCUT2D eigenvalue weighted by atomic mass is 10.1. The van der Waals surface area contributed by atoms with E-state index in [1.807, 2.05) is 12.1 Å². The first-order valence-electron chi connectivity index (χ1n) is 6.01. The molecule has 3 nitrogen and oxygen atoms in total. The van der Waals surface area contributed by atoms with Crippen molar-refractivity contribution in [1.29, 1.82) is 0 Å². The van der Waals surface area contributed by atoms with E-state index in [-0.39, 0.29) is 0 Å². The summed E-state index contributed by atoms with van der Waals surface area (Å²) in [5.74, 6) is 0. The fourth-order valence-corrected chi connectivity index (χ4v) is 2.42. The Morgan fingerprint density at radius 1 is 1.24 bits per heavy atom. The molecule has 1 aromatic rings. The van der Waals surface area contributed by atoms with Crippen molar-refractivity contribution in [3.05, 3.63) is 28.3 Å². The molecule has 0 aliphatic carbocycles. The largest absolute Gasteiger partial charge is 0.398 e. The van der Waals surface area contributed by atoms with Crippen molar-refractivity contribution in [3.8, 4) is 0 Å². The Balaban J connectivity index is 2.08. The Morgan fingerprint density at radius 3 is 2.53 bits per heavy atom. The molecule has 0 unspecified atom stereocenters. The molecule has 0 aromatic heterocycles. The van der Waals surface area contributed by atoms with Crippen LogP contribution in [0.1, 0.15) is 11.1 Å². The van der Waals surface area contributed by atoms with Gasteiger partial charge in [0.25, 0.3) is 0 Å². The fraction of sp³-hybridized carbons (Fsp3) is 0.538. The van der Waals surface area contributed by atoms with Crippen molar-refractivity contribution < 1.29 is 0 Å². The van der Waals surface area contributed by atoms with Crippen molar-refractivity contribution in [2.75, 3.05) is 39.0 Å². The lowest BCUT2D eigenvalue weighted by Crippen LogP contribution is -2.43. The van der Waals surface area contributed by atoms with Crippen LogP contribution in [-0.2, 0) is 6.54 Å². The first kappa shape index (κ1) is 12.7. The summed E-state index contributed by atoms with van der Waals surface area (Å²) < 4.78 is 0. The summed E-state index contributed by atoms with van der Waals surface area (Å²) in [5.41, 5.74) is 9.14. The highest BCUT2D eigenvalue weighted by atomic mass is 35.5. The van der Waals surface area contributed by atoms with E-state index >= 15 is 0 Å². The fourth-order valence-electron chi connectivity index (χ4n) is 2.17. The van der Waals surface area contributed by atoms with E-state index in [1.165, 1.54) is 5.56 Å². The predicted octanol–water partition coefficient (Wildman–Crippen LogP) is 1.98. The number of anilines is 1. The lowest BCUT2D eigenvalue weighted by Gasteiger charge is -2.32. The maximum atomic E-state index is 6.06. The Bertz CT molecular complexity index is 398. The van der Waals surface area contributed by atoms with Gasteiger partial charge in [-0.05, 0) is 37.2 Å². The van der Waals surface area contributed by atoms with Gasteiger partial charge < -0.3 is 10.6 Å². The van der Waals surface area contributed by atoms with Crippen molar-refractivity contribution >= 4 is 17.3 Å². The van der Waals surface area contributed by atoms with Crippen LogP contribution in [0.25, 0.3) is 0 Å². The first-order chi connectivity index (χ1) is 8.06. The van der Waals surface area contributed by atoms with Gasteiger partial charge in [-0.15, -0.1) is 0 Å². The average Bonchev–Trinajstić information content (AvgIpc) is 2.28. The standard InChI is InChI=1S/C13H20ClN3/c1-10-11(7-12(14)8-13(10)15)9-17-5-3-16(2)4-6-17/h7-8H,3-6,9,15H2,1-2H3. The van der Waals surface area contributed by atoms with E-state index in [0.29, 0.717) is 0 Å². The Kier molecular flexibility index (Phi) is 3.92. The molecule has 0 bridgehead atoms. The second-order valence-electron chi connectivity index (χ2n) is 4.86. The van der Waals surface area contributed by atoms with Gasteiger partial charge in [0.1, 0.15) is 0 Å². The molecule has 1 heterocycles. The number of likely N-dealkylation sites (N-methyl/N-ethyl adjacent to an activating group) is 1. The summed E-state index contributed by atoms with van der Waals surface area (Å²) in [4.78, 5) is 4.81. The Hall–Kier alpha value is -0.770. The highest BCUT2D eigenvalue weighted by Gasteiger charge is 2.15. The third kappa shape index (κ3) is 3.12. The molecule has 94 valence electrons. The number of hydrogen-bond acceptors (Lipinski definition) is 3. The highest BCUT2D eigenvalue weighted by molar-refractivity contribution is 6.31. The van der Waals surface area contributed by atoms with E-state index in [0.717, 1.165) is 49.0 Å². The minimum absolute atomic E-state index is 0.734. The zero-order valence-corrected chi connectivity index (χ0v) is 11.3.